The molecular weight excluding hydrogens is 202 g/mol. The number of nitrogens with one attached hydrogen (secondary N) is 1. The van der Waals surface area contributed by atoms with Crippen LogP contribution < -0.4 is 5.32 Å². The summed E-state index contributed by atoms with van der Waals surface area (Å²) in [6.45, 7) is 12.5. The molecule has 0 aromatic carbocycles. The molecule has 3 heteroatoms. The van der Waals surface area contributed by atoms with Gasteiger partial charge in [-0.15, -0.1) is 0 Å². The molecule has 96 valence electrons. The van der Waals surface area contributed by atoms with Crippen molar-refractivity contribution < 1.29 is 9.47 Å². The van der Waals surface area contributed by atoms with Crippen LogP contribution in [0.25, 0.3) is 0 Å². The summed E-state index contributed by atoms with van der Waals surface area (Å²) in [5.41, 5.74) is 0.193. The van der Waals surface area contributed by atoms with E-state index in [0.717, 1.165) is 19.6 Å². The van der Waals surface area contributed by atoms with Crippen LogP contribution in [0.2, 0.25) is 0 Å². The number of rotatable bonds is 6. The first kappa shape index (κ1) is 13.9. The first-order valence-corrected chi connectivity index (χ1v) is 6.26. The molecule has 0 heterocycles. The molecule has 1 fully saturated rings. The highest BCUT2D eigenvalue weighted by molar-refractivity contribution is 5.11. The third-order valence-electron chi connectivity index (χ3n) is 4.34. The maximum atomic E-state index is 5.61. The molecule has 1 saturated carbocycles. The van der Waals surface area contributed by atoms with E-state index in [1.54, 1.807) is 0 Å². The topological polar surface area (TPSA) is 30.5 Å². The third-order valence-corrected chi connectivity index (χ3v) is 4.34. The molecule has 0 saturated heterocycles. The van der Waals surface area contributed by atoms with E-state index in [0.29, 0.717) is 12.1 Å². The van der Waals surface area contributed by atoms with E-state index in [1.807, 2.05) is 14.0 Å². The van der Waals surface area contributed by atoms with Gasteiger partial charge in [-0.2, -0.15) is 0 Å². The molecule has 16 heavy (non-hydrogen) atoms. The molecule has 0 aromatic rings. The Hall–Kier alpha value is -0.120. The number of hydrogen-bond acceptors (Lipinski definition) is 3. The zero-order valence-corrected chi connectivity index (χ0v) is 11.6. The second-order valence-electron chi connectivity index (χ2n) is 5.64. The molecule has 1 aliphatic carbocycles. The Kier molecular flexibility index (Phi) is 4.38. The lowest BCUT2D eigenvalue weighted by molar-refractivity contribution is -0.182. The fourth-order valence-electron chi connectivity index (χ4n) is 2.45. The Balaban J connectivity index is 2.42. The van der Waals surface area contributed by atoms with Gasteiger partial charge in [-0.05, 0) is 27.2 Å². The van der Waals surface area contributed by atoms with Crippen molar-refractivity contribution >= 4 is 0 Å². The highest BCUT2D eigenvalue weighted by atomic mass is 16.5. The lowest BCUT2D eigenvalue weighted by Gasteiger charge is -2.60. The normalized spacial score (nSPS) is 34.5. The minimum Gasteiger partial charge on any atom is -0.380 e. The van der Waals surface area contributed by atoms with Gasteiger partial charge in [0.2, 0.25) is 0 Å². The van der Waals surface area contributed by atoms with Crippen LogP contribution in [0.4, 0.5) is 0 Å². The first-order chi connectivity index (χ1) is 7.37. The van der Waals surface area contributed by atoms with E-state index in [9.17, 15) is 0 Å². The Morgan fingerprint density at radius 2 is 2.00 bits per heavy atom. The van der Waals surface area contributed by atoms with Crippen molar-refractivity contribution in [3.8, 4) is 0 Å². The van der Waals surface area contributed by atoms with Crippen molar-refractivity contribution in [3.63, 3.8) is 0 Å². The Labute approximate surface area is 99.9 Å². The van der Waals surface area contributed by atoms with Crippen LogP contribution >= 0.6 is 0 Å². The Morgan fingerprint density at radius 1 is 1.38 bits per heavy atom. The zero-order chi connectivity index (χ0) is 12.4. The predicted molar refractivity (Wildman–Crippen MR) is 66.7 cm³/mol. The van der Waals surface area contributed by atoms with Crippen LogP contribution in [0, 0.1) is 5.41 Å². The molecule has 0 aliphatic heterocycles. The summed E-state index contributed by atoms with van der Waals surface area (Å²) < 4.78 is 11.0. The summed E-state index contributed by atoms with van der Waals surface area (Å²) in [6.07, 6.45) is 1.08. The number of ether oxygens (including phenoxy) is 2. The van der Waals surface area contributed by atoms with E-state index < -0.39 is 0 Å². The minimum atomic E-state index is 0.00992. The molecule has 0 bridgehead atoms. The van der Waals surface area contributed by atoms with E-state index in [2.05, 4.69) is 33.0 Å². The van der Waals surface area contributed by atoms with Gasteiger partial charge < -0.3 is 14.8 Å². The quantitative estimate of drug-likeness (QED) is 0.757. The van der Waals surface area contributed by atoms with Crippen molar-refractivity contribution in [2.75, 3.05) is 20.3 Å². The van der Waals surface area contributed by atoms with Gasteiger partial charge in [0.1, 0.15) is 0 Å². The molecule has 1 N–H and O–H groups in total. The lowest BCUT2D eigenvalue weighted by Crippen LogP contribution is -2.69. The van der Waals surface area contributed by atoms with Gasteiger partial charge in [0, 0.05) is 31.2 Å². The van der Waals surface area contributed by atoms with Crippen LogP contribution in [0.1, 0.15) is 41.0 Å². The maximum Gasteiger partial charge on any atom is 0.0731 e. The van der Waals surface area contributed by atoms with Crippen LogP contribution in [0.5, 0.6) is 0 Å². The average Bonchev–Trinajstić information content (AvgIpc) is 2.25. The Morgan fingerprint density at radius 3 is 2.44 bits per heavy atom. The summed E-state index contributed by atoms with van der Waals surface area (Å²) in [5, 5.41) is 3.63. The van der Waals surface area contributed by atoms with E-state index in [1.165, 1.54) is 0 Å². The van der Waals surface area contributed by atoms with Crippen LogP contribution in [0.15, 0.2) is 0 Å². The molecule has 3 nitrogen and oxygen atoms in total. The molecule has 0 aromatic heterocycles. The zero-order valence-electron chi connectivity index (χ0n) is 11.6. The van der Waals surface area contributed by atoms with Crippen molar-refractivity contribution in [2.45, 2.75) is 58.7 Å². The molecule has 0 radical (unpaired) electrons. The smallest absolute Gasteiger partial charge is 0.0731 e. The summed E-state index contributed by atoms with van der Waals surface area (Å²) in [4.78, 5) is 0. The largest absolute Gasteiger partial charge is 0.380 e. The molecule has 1 aliphatic rings. The second-order valence-corrected chi connectivity index (χ2v) is 5.64. The monoisotopic (exact) mass is 229 g/mol. The fourth-order valence-corrected chi connectivity index (χ4v) is 2.45. The molecule has 0 spiro atoms. The molecule has 3 atom stereocenters. The molecular formula is C13H27NO2. The maximum absolute atomic E-state index is 5.61. The Bertz CT molecular complexity index is 230. The summed E-state index contributed by atoms with van der Waals surface area (Å²) in [6, 6.07) is 0.929. The van der Waals surface area contributed by atoms with Gasteiger partial charge >= 0.3 is 0 Å². The molecule has 1 rings (SSSR count). The lowest BCUT2D eigenvalue weighted by atomic mass is 9.55. The fraction of sp³-hybridized carbons (Fsp3) is 1.00. The average molecular weight is 229 g/mol. The summed E-state index contributed by atoms with van der Waals surface area (Å²) in [7, 11) is 1.81. The molecule has 3 unspecified atom stereocenters. The van der Waals surface area contributed by atoms with E-state index in [-0.39, 0.29) is 11.0 Å². The van der Waals surface area contributed by atoms with Crippen LogP contribution in [0.3, 0.4) is 0 Å². The number of hydrogen-bond donors (Lipinski definition) is 1. The second kappa shape index (κ2) is 5.03. The van der Waals surface area contributed by atoms with Gasteiger partial charge in [-0.25, -0.2) is 0 Å². The highest BCUT2D eigenvalue weighted by Crippen LogP contribution is 2.51. The van der Waals surface area contributed by atoms with Crippen LogP contribution in [-0.4, -0.2) is 38.0 Å². The number of methoxy groups -OCH3 is 1. The van der Waals surface area contributed by atoms with Gasteiger partial charge in [0.15, 0.2) is 0 Å². The van der Waals surface area contributed by atoms with Crippen molar-refractivity contribution in [3.05, 3.63) is 0 Å². The van der Waals surface area contributed by atoms with Crippen molar-refractivity contribution in [1.82, 2.24) is 5.32 Å². The first-order valence-electron chi connectivity index (χ1n) is 6.26. The van der Waals surface area contributed by atoms with E-state index >= 15 is 0 Å². The SMILES string of the molecule is CCOCC(C)NC1CC(C)(OC)C1(C)C. The highest BCUT2D eigenvalue weighted by Gasteiger charge is 2.57. The summed E-state index contributed by atoms with van der Waals surface area (Å²) in [5.74, 6) is 0. The van der Waals surface area contributed by atoms with Gasteiger partial charge in [-0.1, -0.05) is 13.8 Å². The van der Waals surface area contributed by atoms with E-state index in [4.69, 9.17) is 9.47 Å². The summed E-state index contributed by atoms with van der Waals surface area (Å²) >= 11 is 0. The van der Waals surface area contributed by atoms with Crippen LogP contribution in [-0.2, 0) is 9.47 Å². The molecule has 0 amide bonds. The third kappa shape index (κ3) is 2.41. The van der Waals surface area contributed by atoms with Crippen molar-refractivity contribution in [1.29, 1.82) is 0 Å². The predicted octanol–water partition coefficient (Wildman–Crippen LogP) is 2.20. The van der Waals surface area contributed by atoms with Gasteiger partial charge in [0.05, 0.1) is 12.2 Å². The van der Waals surface area contributed by atoms with Gasteiger partial charge in [0.25, 0.3) is 0 Å². The van der Waals surface area contributed by atoms with Gasteiger partial charge in [-0.3, -0.25) is 0 Å². The standard InChI is InChI=1S/C13H27NO2/c1-7-16-9-10(2)14-11-8-13(5,15-6)12(11,3)4/h10-11,14H,7-9H2,1-6H3. The minimum absolute atomic E-state index is 0.00992. The van der Waals surface area contributed by atoms with Crippen molar-refractivity contribution in [2.24, 2.45) is 5.41 Å².